The molecule has 0 bridgehead atoms. The first kappa shape index (κ1) is 13.8. The first-order chi connectivity index (χ1) is 10.8. The molecule has 5 heteroatoms. The molecule has 1 amide bonds. The summed E-state index contributed by atoms with van der Waals surface area (Å²) >= 11 is 0. The fraction of sp³-hybridized carbons (Fsp3) is 0. The summed E-state index contributed by atoms with van der Waals surface area (Å²) in [5.41, 5.74) is 2.10. The molecule has 2 aromatic heterocycles. The first-order valence-electron chi connectivity index (χ1n) is 6.81. The summed E-state index contributed by atoms with van der Waals surface area (Å²) in [5.74, 6) is 0.504. The van der Waals surface area contributed by atoms with Crippen molar-refractivity contribution < 1.29 is 4.79 Å². The molecule has 2 N–H and O–H groups in total. The molecule has 0 saturated carbocycles. The third-order valence-corrected chi connectivity index (χ3v) is 2.99. The Morgan fingerprint density at radius 2 is 1.73 bits per heavy atom. The normalized spacial score (nSPS) is 10.0. The van der Waals surface area contributed by atoms with Crippen molar-refractivity contribution in [1.82, 2.24) is 9.97 Å². The van der Waals surface area contributed by atoms with Crippen LogP contribution in [0.25, 0.3) is 0 Å². The number of nitrogens with one attached hydrogen (secondary N) is 2. The molecule has 0 aliphatic heterocycles. The number of anilines is 3. The molecule has 5 nitrogen and oxygen atoms in total. The van der Waals surface area contributed by atoms with Crippen LogP contribution in [0.4, 0.5) is 17.2 Å². The van der Waals surface area contributed by atoms with Gasteiger partial charge < -0.3 is 10.6 Å². The number of hydrogen-bond acceptors (Lipinski definition) is 4. The summed E-state index contributed by atoms with van der Waals surface area (Å²) in [7, 11) is 0. The summed E-state index contributed by atoms with van der Waals surface area (Å²) < 4.78 is 0. The van der Waals surface area contributed by atoms with E-state index in [-0.39, 0.29) is 5.91 Å². The maximum Gasteiger partial charge on any atom is 0.257 e. The predicted octanol–water partition coefficient (Wildman–Crippen LogP) is 3.47. The number of aromatic nitrogens is 2. The van der Waals surface area contributed by atoms with Crippen LogP contribution < -0.4 is 10.6 Å². The molecule has 2 heterocycles. The molecule has 0 fully saturated rings. The van der Waals surface area contributed by atoms with Crippen molar-refractivity contribution in [3.8, 4) is 0 Å². The minimum Gasteiger partial charge on any atom is -0.340 e. The van der Waals surface area contributed by atoms with Gasteiger partial charge in [0, 0.05) is 18.1 Å². The van der Waals surface area contributed by atoms with E-state index in [2.05, 4.69) is 20.6 Å². The Morgan fingerprint density at radius 1 is 0.864 bits per heavy atom. The highest BCUT2D eigenvalue weighted by Gasteiger charge is 2.05. The highest BCUT2D eigenvalue weighted by atomic mass is 16.1. The third kappa shape index (κ3) is 3.46. The number of benzene rings is 1. The number of hydrogen-bond donors (Lipinski definition) is 2. The van der Waals surface area contributed by atoms with Crippen molar-refractivity contribution >= 4 is 23.1 Å². The fourth-order valence-electron chi connectivity index (χ4n) is 1.91. The Hall–Kier alpha value is -3.21. The second-order valence-electron chi connectivity index (χ2n) is 4.62. The zero-order chi connectivity index (χ0) is 15.2. The molecule has 0 unspecified atom stereocenters. The van der Waals surface area contributed by atoms with Gasteiger partial charge in [-0.05, 0) is 36.4 Å². The van der Waals surface area contributed by atoms with E-state index < -0.39 is 0 Å². The van der Waals surface area contributed by atoms with Crippen molar-refractivity contribution in [2.24, 2.45) is 0 Å². The van der Waals surface area contributed by atoms with Crippen LogP contribution in [0.1, 0.15) is 10.4 Å². The molecular weight excluding hydrogens is 276 g/mol. The maximum absolute atomic E-state index is 12.0. The number of amides is 1. The summed E-state index contributed by atoms with van der Waals surface area (Å²) in [6, 6.07) is 16.8. The van der Waals surface area contributed by atoms with Crippen molar-refractivity contribution in [3.63, 3.8) is 0 Å². The van der Waals surface area contributed by atoms with E-state index in [9.17, 15) is 4.79 Å². The van der Waals surface area contributed by atoms with E-state index in [1.165, 1.54) is 6.20 Å². The van der Waals surface area contributed by atoms with Gasteiger partial charge in [0.15, 0.2) is 0 Å². The summed E-state index contributed by atoms with van der Waals surface area (Å²) in [6.07, 6.45) is 4.76. The van der Waals surface area contributed by atoms with Gasteiger partial charge in [0.2, 0.25) is 0 Å². The molecule has 108 valence electrons. The quantitative estimate of drug-likeness (QED) is 0.772. The van der Waals surface area contributed by atoms with Gasteiger partial charge in [-0.2, -0.15) is 0 Å². The predicted molar refractivity (Wildman–Crippen MR) is 86.2 cm³/mol. The van der Waals surface area contributed by atoms with Crippen LogP contribution in [-0.2, 0) is 0 Å². The molecule has 3 aromatic rings. The van der Waals surface area contributed by atoms with Gasteiger partial charge >= 0.3 is 0 Å². The molecule has 22 heavy (non-hydrogen) atoms. The van der Waals surface area contributed by atoms with Crippen LogP contribution >= 0.6 is 0 Å². The van der Waals surface area contributed by atoms with E-state index in [0.717, 1.165) is 5.69 Å². The van der Waals surface area contributed by atoms with Crippen LogP contribution in [0.2, 0.25) is 0 Å². The second kappa shape index (κ2) is 6.49. The topological polar surface area (TPSA) is 66.9 Å². The maximum atomic E-state index is 12.0. The van der Waals surface area contributed by atoms with E-state index >= 15 is 0 Å². The van der Waals surface area contributed by atoms with Crippen LogP contribution in [0.15, 0.2) is 73.2 Å². The Morgan fingerprint density at radius 3 is 2.41 bits per heavy atom. The Labute approximate surface area is 128 Å². The Balaban J connectivity index is 1.66. The lowest BCUT2D eigenvalue weighted by atomic mass is 10.2. The first-order valence-corrected chi connectivity index (χ1v) is 6.81. The van der Waals surface area contributed by atoms with Crippen LogP contribution in [0.3, 0.4) is 0 Å². The van der Waals surface area contributed by atoms with Gasteiger partial charge in [-0.15, -0.1) is 0 Å². The molecule has 0 radical (unpaired) electrons. The summed E-state index contributed by atoms with van der Waals surface area (Å²) in [5, 5.41) is 5.96. The molecule has 0 spiro atoms. The van der Waals surface area contributed by atoms with Crippen LogP contribution in [-0.4, -0.2) is 15.9 Å². The number of pyridine rings is 2. The van der Waals surface area contributed by atoms with Crippen molar-refractivity contribution in [2.45, 2.75) is 0 Å². The number of para-hydroxylation sites is 1. The number of carbonyl (C=O) groups excluding carboxylic acids is 1. The highest BCUT2D eigenvalue weighted by Crippen LogP contribution is 2.16. The standard InChI is InChI=1S/C17H14N4O/c22-17(13-5-4-10-18-11-13)21-15-8-9-16(19-12-15)20-14-6-2-1-3-7-14/h1-12H,(H,19,20)(H,21,22). The monoisotopic (exact) mass is 290 g/mol. The van der Waals surface area contributed by atoms with Crippen LogP contribution in [0, 0.1) is 0 Å². The Bertz CT molecular complexity index is 743. The van der Waals surface area contributed by atoms with Crippen molar-refractivity contribution in [1.29, 1.82) is 0 Å². The van der Waals surface area contributed by atoms with Gasteiger partial charge in [0.25, 0.3) is 5.91 Å². The van der Waals surface area contributed by atoms with Gasteiger partial charge in [-0.1, -0.05) is 18.2 Å². The van der Waals surface area contributed by atoms with Crippen molar-refractivity contribution in [3.05, 3.63) is 78.8 Å². The molecule has 0 aliphatic carbocycles. The largest absolute Gasteiger partial charge is 0.340 e. The Kier molecular flexibility index (Phi) is 4.06. The second-order valence-corrected chi connectivity index (χ2v) is 4.62. The van der Waals surface area contributed by atoms with E-state index in [4.69, 9.17) is 0 Å². The van der Waals surface area contributed by atoms with E-state index in [1.54, 1.807) is 30.6 Å². The van der Waals surface area contributed by atoms with Gasteiger partial charge in [0.05, 0.1) is 17.4 Å². The smallest absolute Gasteiger partial charge is 0.257 e. The SMILES string of the molecule is O=C(Nc1ccc(Nc2ccccc2)nc1)c1cccnc1. The van der Waals surface area contributed by atoms with E-state index in [0.29, 0.717) is 17.1 Å². The summed E-state index contributed by atoms with van der Waals surface area (Å²) in [4.78, 5) is 20.2. The van der Waals surface area contributed by atoms with Gasteiger partial charge in [-0.3, -0.25) is 9.78 Å². The molecule has 0 saturated heterocycles. The van der Waals surface area contributed by atoms with Crippen molar-refractivity contribution in [2.75, 3.05) is 10.6 Å². The average molecular weight is 290 g/mol. The molecule has 0 aliphatic rings. The number of carbonyl (C=O) groups is 1. The minimum absolute atomic E-state index is 0.210. The zero-order valence-electron chi connectivity index (χ0n) is 11.7. The molecule has 1 aromatic carbocycles. The molecule has 3 rings (SSSR count). The lowest BCUT2D eigenvalue weighted by molar-refractivity contribution is 0.102. The molecule has 0 atom stereocenters. The van der Waals surface area contributed by atoms with Gasteiger partial charge in [-0.25, -0.2) is 4.98 Å². The third-order valence-electron chi connectivity index (χ3n) is 2.99. The fourth-order valence-corrected chi connectivity index (χ4v) is 1.91. The number of rotatable bonds is 4. The highest BCUT2D eigenvalue weighted by molar-refractivity contribution is 6.03. The lowest BCUT2D eigenvalue weighted by Crippen LogP contribution is -2.12. The van der Waals surface area contributed by atoms with E-state index in [1.807, 2.05) is 36.4 Å². The average Bonchev–Trinajstić information content (AvgIpc) is 2.58. The minimum atomic E-state index is -0.210. The van der Waals surface area contributed by atoms with Crippen LogP contribution in [0.5, 0.6) is 0 Å². The summed E-state index contributed by atoms with van der Waals surface area (Å²) in [6.45, 7) is 0. The zero-order valence-corrected chi connectivity index (χ0v) is 11.7. The lowest BCUT2D eigenvalue weighted by Gasteiger charge is -2.07. The molecular formula is C17H14N4O. The van der Waals surface area contributed by atoms with Gasteiger partial charge in [0.1, 0.15) is 5.82 Å². The number of nitrogens with zero attached hydrogens (tertiary/aromatic N) is 2.